The van der Waals surface area contributed by atoms with E-state index in [1.807, 2.05) is 0 Å². The standard InChI is InChI=1S/C8H8O5/c9-3-1-2-4-5(10)7(6(2)12-3)13-8(4)11/h2,4-7,10H,1H2. The molecule has 3 aliphatic rings. The normalized spacial score (nSPS) is 51.9. The van der Waals surface area contributed by atoms with Crippen molar-refractivity contribution in [2.75, 3.05) is 0 Å². The molecule has 0 aromatic rings. The first kappa shape index (κ1) is 7.32. The quantitative estimate of drug-likeness (QED) is 0.480. The highest BCUT2D eigenvalue weighted by Gasteiger charge is 2.65. The molecule has 5 heteroatoms. The molecule has 2 bridgehead atoms. The second-order valence-corrected chi connectivity index (χ2v) is 3.74. The predicted molar refractivity (Wildman–Crippen MR) is 37.4 cm³/mol. The number of ether oxygens (including phenoxy) is 2. The van der Waals surface area contributed by atoms with E-state index in [2.05, 4.69) is 0 Å². The fourth-order valence-corrected chi connectivity index (χ4v) is 2.55. The third kappa shape index (κ3) is 0.709. The molecule has 0 amide bonds. The van der Waals surface area contributed by atoms with Gasteiger partial charge in [0.2, 0.25) is 0 Å². The van der Waals surface area contributed by atoms with Crippen molar-refractivity contribution in [2.24, 2.45) is 11.8 Å². The molecule has 0 aromatic heterocycles. The Morgan fingerprint density at radius 1 is 1.23 bits per heavy atom. The van der Waals surface area contributed by atoms with Gasteiger partial charge >= 0.3 is 11.9 Å². The lowest BCUT2D eigenvalue weighted by Crippen LogP contribution is -2.34. The lowest BCUT2D eigenvalue weighted by atomic mass is 9.92. The Morgan fingerprint density at radius 3 is 2.77 bits per heavy atom. The first-order valence-electron chi connectivity index (χ1n) is 4.26. The molecule has 2 aliphatic heterocycles. The van der Waals surface area contributed by atoms with Crippen LogP contribution in [-0.2, 0) is 19.1 Å². The van der Waals surface area contributed by atoms with Gasteiger partial charge in [0.05, 0.1) is 12.3 Å². The summed E-state index contributed by atoms with van der Waals surface area (Å²) in [5, 5.41) is 9.55. The summed E-state index contributed by atoms with van der Waals surface area (Å²) >= 11 is 0. The smallest absolute Gasteiger partial charge is 0.312 e. The Kier molecular flexibility index (Phi) is 1.15. The second kappa shape index (κ2) is 2.04. The number of aliphatic hydroxyl groups excluding tert-OH is 1. The zero-order valence-corrected chi connectivity index (χ0v) is 6.67. The molecule has 0 aromatic carbocycles. The van der Waals surface area contributed by atoms with E-state index in [-0.39, 0.29) is 18.3 Å². The summed E-state index contributed by atoms with van der Waals surface area (Å²) in [4.78, 5) is 22.1. The van der Waals surface area contributed by atoms with Crippen LogP contribution in [0, 0.1) is 11.8 Å². The van der Waals surface area contributed by atoms with E-state index in [0.717, 1.165) is 0 Å². The lowest BCUT2D eigenvalue weighted by Gasteiger charge is -2.20. The van der Waals surface area contributed by atoms with E-state index in [9.17, 15) is 14.7 Å². The molecular formula is C8H8O5. The molecule has 1 saturated carbocycles. The molecule has 0 radical (unpaired) electrons. The fraction of sp³-hybridized carbons (Fsp3) is 0.750. The lowest BCUT2D eigenvalue weighted by molar-refractivity contribution is -0.162. The maximum absolute atomic E-state index is 11.1. The van der Waals surface area contributed by atoms with E-state index < -0.39 is 30.2 Å². The summed E-state index contributed by atoms with van der Waals surface area (Å²) in [5.41, 5.74) is 0. The minimum absolute atomic E-state index is 0.159. The van der Waals surface area contributed by atoms with Crippen molar-refractivity contribution in [3.05, 3.63) is 0 Å². The molecule has 5 nitrogen and oxygen atoms in total. The van der Waals surface area contributed by atoms with Crippen LogP contribution < -0.4 is 0 Å². The van der Waals surface area contributed by atoms with Crippen LogP contribution in [0.15, 0.2) is 0 Å². The molecule has 13 heavy (non-hydrogen) atoms. The molecule has 0 spiro atoms. The molecule has 1 N–H and O–H groups in total. The second-order valence-electron chi connectivity index (χ2n) is 3.74. The Morgan fingerprint density at radius 2 is 2.00 bits per heavy atom. The van der Waals surface area contributed by atoms with Gasteiger partial charge in [0, 0.05) is 5.92 Å². The number of carbonyl (C=O) groups excluding carboxylic acids is 2. The summed E-state index contributed by atoms with van der Waals surface area (Å²) in [7, 11) is 0. The van der Waals surface area contributed by atoms with Gasteiger partial charge in [-0.05, 0) is 0 Å². The van der Waals surface area contributed by atoms with Crippen molar-refractivity contribution < 1.29 is 24.2 Å². The third-order valence-electron chi connectivity index (χ3n) is 3.11. The number of esters is 2. The summed E-state index contributed by atoms with van der Waals surface area (Å²) in [6, 6.07) is 0. The van der Waals surface area contributed by atoms with E-state index in [4.69, 9.17) is 9.47 Å². The Bertz CT molecular complexity index is 297. The average Bonchev–Trinajstić information content (AvgIpc) is 2.60. The highest BCUT2D eigenvalue weighted by molar-refractivity contribution is 5.81. The van der Waals surface area contributed by atoms with Crippen molar-refractivity contribution in [2.45, 2.75) is 24.7 Å². The van der Waals surface area contributed by atoms with Crippen LogP contribution in [0.4, 0.5) is 0 Å². The van der Waals surface area contributed by atoms with Gasteiger partial charge in [0.15, 0.2) is 6.10 Å². The summed E-state index contributed by atoms with van der Waals surface area (Å²) < 4.78 is 9.83. The summed E-state index contributed by atoms with van der Waals surface area (Å²) in [5.74, 6) is -1.39. The van der Waals surface area contributed by atoms with Gasteiger partial charge in [-0.3, -0.25) is 9.59 Å². The maximum atomic E-state index is 11.1. The highest BCUT2D eigenvalue weighted by atomic mass is 16.6. The zero-order valence-electron chi connectivity index (χ0n) is 6.67. The number of fused-ring (bicyclic) bond motifs is 5. The van der Waals surface area contributed by atoms with Crippen LogP contribution in [0.5, 0.6) is 0 Å². The number of hydrogen-bond donors (Lipinski definition) is 1. The first-order valence-corrected chi connectivity index (χ1v) is 4.26. The van der Waals surface area contributed by atoms with Gasteiger partial charge in [0.25, 0.3) is 0 Å². The number of hydrogen-bond acceptors (Lipinski definition) is 5. The Balaban J connectivity index is 1.98. The van der Waals surface area contributed by atoms with Crippen LogP contribution in [0.1, 0.15) is 6.42 Å². The van der Waals surface area contributed by atoms with Crippen molar-refractivity contribution in [1.29, 1.82) is 0 Å². The van der Waals surface area contributed by atoms with Crippen LogP contribution in [0.25, 0.3) is 0 Å². The van der Waals surface area contributed by atoms with Gasteiger partial charge in [0.1, 0.15) is 12.2 Å². The first-order chi connectivity index (χ1) is 6.18. The maximum Gasteiger partial charge on any atom is 0.312 e. The summed E-state index contributed by atoms with van der Waals surface area (Å²) in [6.07, 6.45) is -1.56. The van der Waals surface area contributed by atoms with E-state index >= 15 is 0 Å². The molecular weight excluding hydrogens is 176 g/mol. The predicted octanol–water partition coefficient (Wildman–Crippen LogP) is -1.17. The van der Waals surface area contributed by atoms with Crippen molar-refractivity contribution >= 4 is 11.9 Å². The summed E-state index contributed by atoms with van der Waals surface area (Å²) in [6.45, 7) is 0. The van der Waals surface area contributed by atoms with Crippen molar-refractivity contribution in [3.8, 4) is 0 Å². The van der Waals surface area contributed by atoms with Crippen molar-refractivity contribution in [1.82, 2.24) is 0 Å². The van der Waals surface area contributed by atoms with E-state index in [1.54, 1.807) is 0 Å². The number of carbonyl (C=O) groups is 2. The average molecular weight is 184 g/mol. The molecule has 2 saturated heterocycles. The molecule has 3 rings (SSSR count). The van der Waals surface area contributed by atoms with Gasteiger partial charge in [-0.25, -0.2) is 0 Å². The molecule has 5 unspecified atom stereocenters. The molecule has 70 valence electrons. The van der Waals surface area contributed by atoms with Crippen LogP contribution in [-0.4, -0.2) is 35.4 Å². The topological polar surface area (TPSA) is 72.8 Å². The minimum atomic E-state index is -0.782. The largest absolute Gasteiger partial charge is 0.458 e. The zero-order chi connectivity index (χ0) is 9.16. The van der Waals surface area contributed by atoms with Crippen LogP contribution >= 0.6 is 0 Å². The highest BCUT2D eigenvalue weighted by Crippen LogP contribution is 2.47. The van der Waals surface area contributed by atoms with Crippen molar-refractivity contribution in [3.63, 3.8) is 0 Å². The van der Waals surface area contributed by atoms with Gasteiger partial charge in [-0.2, -0.15) is 0 Å². The number of aliphatic hydroxyl groups is 1. The monoisotopic (exact) mass is 184 g/mol. The fourth-order valence-electron chi connectivity index (χ4n) is 2.55. The molecule has 5 atom stereocenters. The SMILES string of the molecule is O=C1CC2C(O1)C1OC(=O)C2C1O. The van der Waals surface area contributed by atoms with E-state index in [0.29, 0.717) is 0 Å². The minimum Gasteiger partial charge on any atom is -0.458 e. The molecule has 1 aliphatic carbocycles. The molecule has 3 fully saturated rings. The van der Waals surface area contributed by atoms with Gasteiger partial charge in [-0.1, -0.05) is 0 Å². The van der Waals surface area contributed by atoms with Gasteiger partial charge < -0.3 is 14.6 Å². The molecule has 2 heterocycles. The van der Waals surface area contributed by atoms with E-state index in [1.165, 1.54) is 0 Å². The number of rotatable bonds is 0. The Labute approximate surface area is 73.6 Å². The van der Waals surface area contributed by atoms with Crippen LogP contribution in [0.2, 0.25) is 0 Å². The third-order valence-corrected chi connectivity index (χ3v) is 3.11. The van der Waals surface area contributed by atoms with Crippen LogP contribution in [0.3, 0.4) is 0 Å². The van der Waals surface area contributed by atoms with Gasteiger partial charge in [-0.15, -0.1) is 0 Å². The Hall–Kier alpha value is -1.10.